The number of halogens is 3. The van der Waals surface area contributed by atoms with Gasteiger partial charge in [0.05, 0.1) is 12.3 Å². The molecule has 184 valence electrons. The van der Waals surface area contributed by atoms with Gasteiger partial charge in [-0.25, -0.2) is 18.2 Å². The summed E-state index contributed by atoms with van der Waals surface area (Å²) in [5, 5.41) is 9.42. The molecule has 0 aliphatic carbocycles. The fourth-order valence-electron chi connectivity index (χ4n) is 3.11. The fraction of sp³-hybridized carbons (Fsp3) is 0.364. The number of hydrogen-bond acceptors (Lipinski definition) is 7. The van der Waals surface area contributed by atoms with E-state index in [1.54, 1.807) is 6.07 Å². The number of nitrogens with two attached hydrogens (primary N) is 1. The molecule has 2 aromatic rings. The number of ether oxygens (including phenoxy) is 2. The number of pyridine rings is 1. The standard InChI is InChI=1S/C21H23F3N4O3.CH2O2/c1-12(2)31-14-5-7-17(26-9-14)19(29)27-13-4-6-16(22)15(8-13)20(3)21(23,24)11-30-10-18(25)28-20;2-1-3/h4-9,12H,10-11H2,1-3H3,(H2,25,28)(H,27,29);1H,(H,2,3). The lowest BCUT2D eigenvalue weighted by Crippen LogP contribution is -2.45. The van der Waals surface area contributed by atoms with Crippen LogP contribution in [0.5, 0.6) is 5.75 Å². The Morgan fingerprint density at radius 2 is 2.00 bits per heavy atom. The number of amides is 1. The molecule has 1 aliphatic rings. The van der Waals surface area contributed by atoms with Crippen LogP contribution in [0.4, 0.5) is 18.9 Å². The highest BCUT2D eigenvalue weighted by Crippen LogP contribution is 2.44. The quantitative estimate of drug-likeness (QED) is 0.557. The van der Waals surface area contributed by atoms with Gasteiger partial charge >= 0.3 is 0 Å². The molecule has 1 amide bonds. The van der Waals surface area contributed by atoms with E-state index in [0.717, 1.165) is 19.1 Å². The molecule has 1 aromatic carbocycles. The van der Waals surface area contributed by atoms with E-state index >= 15 is 0 Å². The number of anilines is 1. The minimum Gasteiger partial charge on any atom is -0.489 e. The number of aromatic nitrogens is 1. The third-order valence-electron chi connectivity index (χ3n) is 4.70. The monoisotopic (exact) mass is 482 g/mol. The summed E-state index contributed by atoms with van der Waals surface area (Å²) >= 11 is 0. The number of rotatable bonds is 5. The largest absolute Gasteiger partial charge is 0.489 e. The maximum atomic E-state index is 14.8. The molecule has 0 radical (unpaired) electrons. The molecule has 9 nitrogen and oxygen atoms in total. The van der Waals surface area contributed by atoms with Crippen LogP contribution in [-0.2, 0) is 15.1 Å². The van der Waals surface area contributed by atoms with Crippen LogP contribution in [0.3, 0.4) is 0 Å². The van der Waals surface area contributed by atoms with E-state index in [2.05, 4.69) is 15.3 Å². The Hall–Kier alpha value is -3.67. The molecule has 3 rings (SSSR count). The first-order valence-corrected chi connectivity index (χ1v) is 10.0. The summed E-state index contributed by atoms with van der Waals surface area (Å²) in [6.45, 7) is 3.28. The molecule has 12 heteroatoms. The van der Waals surface area contributed by atoms with Gasteiger partial charge in [-0.3, -0.25) is 14.6 Å². The second kappa shape index (κ2) is 11.0. The van der Waals surface area contributed by atoms with E-state index in [1.165, 1.54) is 18.3 Å². The van der Waals surface area contributed by atoms with E-state index in [1.807, 2.05) is 13.8 Å². The number of carboxylic acid groups (broad SMARTS) is 1. The van der Waals surface area contributed by atoms with Crippen molar-refractivity contribution < 1.29 is 37.3 Å². The van der Waals surface area contributed by atoms with Crippen molar-refractivity contribution in [3.8, 4) is 5.75 Å². The number of aliphatic imine (C=N–C) groups is 1. The molecule has 1 aromatic heterocycles. The molecule has 1 atom stereocenters. The highest BCUT2D eigenvalue weighted by atomic mass is 19.3. The molecule has 1 unspecified atom stereocenters. The van der Waals surface area contributed by atoms with Gasteiger partial charge < -0.3 is 25.6 Å². The van der Waals surface area contributed by atoms with Crippen molar-refractivity contribution in [1.29, 1.82) is 0 Å². The van der Waals surface area contributed by atoms with Crippen LogP contribution < -0.4 is 15.8 Å². The topological polar surface area (TPSA) is 136 Å². The minimum absolute atomic E-state index is 0.0512. The van der Waals surface area contributed by atoms with Crippen molar-refractivity contribution >= 4 is 23.9 Å². The van der Waals surface area contributed by atoms with E-state index in [9.17, 15) is 18.0 Å². The highest BCUT2D eigenvalue weighted by Gasteiger charge is 2.54. The van der Waals surface area contributed by atoms with Crippen LogP contribution in [-0.4, -0.2) is 53.5 Å². The molecular formula is C22H25F3N4O5. The summed E-state index contributed by atoms with van der Waals surface area (Å²) in [6.07, 6.45) is 1.35. The van der Waals surface area contributed by atoms with Gasteiger partial charge in [0.2, 0.25) is 0 Å². The zero-order valence-electron chi connectivity index (χ0n) is 18.7. The lowest BCUT2D eigenvalue weighted by molar-refractivity contribution is -0.122. The Kier molecular flexibility index (Phi) is 8.57. The van der Waals surface area contributed by atoms with E-state index in [0.29, 0.717) is 5.75 Å². The molecule has 0 bridgehead atoms. The average Bonchev–Trinajstić information content (AvgIpc) is 2.85. The summed E-state index contributed by atoms with van der Waals surface area (Å²) in [4.78, 5) is 28.7. The second-order valence-corrected chi connectivity index (χ2v) is 7.67. The molecule has 4 N–H and O–H groups in total. The third kappa shape index (κ3) is 6.22. The van der Waals surface area contributed by atoms with Gasteiger partial charge in [-0.05, 0) is 51.1 Å². The maximum absolute atomic E-state index is 14.8. The number of alkyl halides is 2. The Balaban J connectivity index is 0.00000129. The van der Waals surface area contributed by atoms with Gasteiger partial charge in [-0.2, -0.15) is 0 Å². The van der Waals surface area contributed by atoms with Crippen molar-refractivity contribution in [3.05, 3.63) is 53.6 Å². The van der Waals surface area contributed by atoms with Crippen LogP contribution in [0.15, 0.2) is 41.5 Å². The van der Waals surface area contributed by atoms with Gasteiger partial charge in [0.15, 0.2) is 5.54 Å². The summed E-state index contributed by atoms with van der Waals surface area (Å²) < 4.78 is 54.5. The number of benzene rings is 1. The molecule has 1 aliphatic heterocycles. The van der Waals surface area contributed by atoms with E-state index < -0.39 is 35.4 Å². The predicted molar refractivity (Wildman–Crippen MR) is 118 cm³/mol. The Morgan fingerprint density at radius 1 is 1.32 bits per heavy atom. The van der Waals surface area contributed by atoms with Crippen LogP contribution in [0, 0.1) is 5.82 Å². The molecule has 0 saturated heterocycles. The van der Waals surface area contributed by atoms with Gasteiger partial charge in [-0.1, -0.05) is 0 Å². The molecule has 0 spiro atoms. The van der Waals surface area contributed by atoms with Crippen LogP contribution in [0.1, 0.15) is 36.8 Å². The number of carbonyl (C=O) groups excluding carboxylic acids is 1. The van der Waals surface area contributed by atoms with Crippen molar-refractivity contribution in [2.45, 2.75) is 38.3 Å². The average molecular weight is 482 g/mol. The van der Waals surface area contributed by atoms with Gasteiger partial charge in [0.25, 0.3) is 18.3 Å². The van der Waals surface area contributed by atoms with Crippen LogP contribution in [0.2, 0.25) is 0 Å². The van der Waals surface area contributed by atoms with Gasteiger partial charge in [0, 0.05) is 11.3 Å². The zero-order valence-corrected chi connectivity index (χ0v) is 18.7. The number of carbonyl (C=O) groups is 2. The molecule has 0 saturated carbocycles. The zero-order chi connectivity index (χ0) is 25.5. The number of nitrogens with one attached hydrogen (secondary N) is 1. The first-order chi connectivity index (χ1) is 15.9. The first-order valence-electron chi connectivity index (χ1n) is 10.0. The predicted octanol–water partition coefficient (Wildman–Crippen LogP) is 3.20. The molecular weight excluding hydrogens is 457 g/mol. The molecule has 0 fully saturated rings. The summed E-state index contributed by atoms with van der Waals surface area (Å²) in [6, 6.07) is 6.40. The Labute approximate surface area is 193 Å². The van der Waals surface area contributed by atoms with Crippen molar-refractivity contribution in [3.63, 3.8) is 0 Å². The lowest BCUT2D eigenvalue weighted by Gasteiger charge is -2.33. The van der Waals surface area contributed by atoms with Crippen molar-refractivity contribution in [2.24, 2.45) is 10.7 Å². The summed E-state index contributed by atoms with van der Waals surface area (Å²) in [7, 11) is 0. The second-order valence-electron chi connectivity index (χ2n) is 7.67. The lowest BCUT2D eigenvalue weighted by atomic mass is 9.85. The highest BCUT2D eigenvalue weighted by molar-refractivity contribution is 6.02. The molecule has 34 heavy (non-hydrogen) atoms. The first kappa shape index (κ1) is 26.6. The van der Waals surface area contributed by atoms with Crippen molar-refractivity contribution in [2.75, 3.05) is 18.5 Å². The number of amidine groups is 1. The Bertz CT molecular complexity index is 1050. The van der Waals surface area contributed by atoms with Crippen LogP contribution in [0.25, 0.3) is 0 Å². The number of nitrogens with zero attached hydrogens (tertiary/aromatic N) is 2. The number of hydrogen-bond donors (Lipinski definition) is 3. The maximum Gasteiger partial charge on any atom is 0.299 e. The SMILES string of the molecule is CC(C)Oc1ccc(C(=O)Nc2ccc(F)c(C3(C)N=C(N)COCC3(F)F)c2)nc1.O=CO. The van der Waals surface area contributed by atoms with E-state index in [4.69, 9.17) is 25.1 Å². The normalized spacial score (nSPS) is 19.2. The van der Waals surface area contributed by atoms with Gasteiger partial charge in [0.1, 0.15) is 36.3 Å². The summed E-state index contributed by atoms with van der Waals surface area (Å²) in [5.41, 5.74) is 3.08. The van der Waals surface area contributed by atoms with E-state index in [-0.39, 0.29) is 36.4 Å². The smallest absolute Gasteiger partial charge is 0.299 e. The van der Waals surface area contributed by atoms with Crippen LogP contribution >= 0.6 is 0 Å². The minimum atomic E-state index is -3.54. The molecule has 2 heterocycles. The third-order valence-corrected chi connectivity index (χ3v) is 4.70. The van der Waals surface area contributed by atoms with Gasteiger partial charge in [-0.15, -0.1) is 0 Å². The summed E-state index contributed by atoms with van der Waals surface area (Å²) in [5.74, 6) is -4.73. The fourth-order valence-corrected chi connectivity index (χ4v) is 3.11. The van der Waals surface area contributed by atoms with Crippen molar-refractivity contribution in [1.82, 2.24) is 4.98 Å². The Morgan fingerprint density at radius 3 is 2.59 bits per heavy atom.